The first-order chi connectivity index (χ1) is 24.9. The van der Waals surface area contributed by atoms with Gasteiger partial charge in [0.2, 0.25) is 11.8 Å². The van der Waals surface area contributed by atoms with E-state index in [0.29, 0.717) is 49.7 Å². The fourth-order valence-electron chi connectivity index (χ4n) is 5.92. The number of furan rings is 1. The van der Waals surface area contributed by atoms with E-state index in [0.717, 1.165) is 67.5 Å². The van der Waals surface area contributed by atoms with Crippen LogP contribution in [-0.2, 0) is 31.9 Å². The number of nitrogens with zero attached hydrogens (tertiary/aromatic N) is 6. The monoisotopic (exact) mass is 696 g/mol. The van der Waals surface area contributed by atoms with Crippen molar-refractivity contribution in [3.8, 4) is 17.1 Å². The van der Waals surface area contributed by atoms with Gasteiger partial charge in [-0.15, -0.1) is 5.06 Å². The van der Waals surface area contributed by atoms with Crippen LogP contribution < -0.4 is 4.84 Å². The molecule has 0 unspecified atom stereocenters. The van der Waals surface area contributed by atoms with Crippen molar-refractivity contribution in [2.24, 2.45) is 0 Å². The summed E-state index contributed by atoms with van der Waals surface area (Å²) in [6, 6.07) is 24.0. The number of hydroxylamine groups is 2. The lowest BCUT2D eigenvalue weighted by Crippen LogP contribution is -2.42. The van der Waals surface area contributed by atoms with Gasteiger partial charge in [0.1, 0.15) is 24.7 Å². The van der Waals surface area contributed by atoms with Crippen molar-refractivity contribution in [2.45, 2.75) is 19.3 Å². The quantitative estimate of drug-likeness (QED) is 0.133. The summed E-state index contributed by atoms with van der Waals surface area (Å²) < 4.78 is 18.3. The summed E-state index contributed by atoms with van der Waals surface area (Å²) in [4.78, 5) is 44.6. The minimum Gasteiger partial charge on any atom is -0.480 e. The summed E-state index contributed by atoms with van der Waals surface area (Å²) in [5.74, 6) is -0.154. The number of morpholine rings is 1. The smallest absolute Gasteiger partial charge is 0.329 e. The molecule has 0 radical (unpaired) electrons. The number of carbonyl (C=O) groups excluding carboxylic acids is 1. The highest BCUT2D eigenvalue weighted by atomic mass is 16.7. The van der Waals surface area contributed by atoms with Gasteiger partial charge in [-0.2, -0.15) is 0 Å². The Morgan fingerprint density at radius 1 is 0.882 bits per heavy atom. The molecule has 5 aromatic rings. The second-order valence-electron chi connectivity index (χ2n) is 12.4. The Morgan fingerprint density at radius 2 is 1.65 bits per heavy atom. The number of benzene rings is 2. The Hall–Kier alpha value is -5.08. The van der Waals surface area contributed by atoms with E-state index < -0.39 is 12.6 Å². The van der Waals surface area contributed by atoms with Gasteiger partial charge in [-0.25, -0.2) is 14.8 Å². The van der Waals surface area contributed by atoms with Crippen LogP contribution in [0.15, 0.2) is 89.7 Å². The van der Waals surface area contributed by atoms with Crippen molar-refractivity contribution in [2.75, 3.05) is 72.7 Å². The van der Waals surface area contributed by atoms with Crippen molar-refractivity contribution in [1.29, 1.82) is 0 Å². The number of aromatic nitrogens is 3. The number of amides is 1. The number of hydrogen-bond acceptors (Lipinski definition) is 10. The summed E-state index contributed by atoms with van der Waals surface area (Å²) in [6.07, 6.45) is 5.40. The lowest BCUT2D eigenvalue weighted by Gasteiger charge is -2.29. The van der Waals surface area contributed by atoms with Crippen LogP contribution in [-0.4, -0.2) is 119 Å². The predicted molar refractivity (Wildman–Crippen MR) is 189 cm³/mol. The Balaban J connectivity index is 1.34. The highest BCUT2D eigenvalue weighted by molar-refractivity contribution is 5.77. The molecule has 6 rings (SSSR count). The molecule has 1 N–H and O–H groups in total. The van der Waals surface area contributed by atoms with Crippen molar-refractivity contribution >= 4 is 17.5 Å². The number of aliphatic carboxylic acids is 1. The maximum atomic E-state index is 12.7. The topological polar surface area (TPSA) is 135 Å². The normalized spacial score (nSPS) is 13.5. The molecule has 1 amide bonds. The molecule has 2 aromatic carbocycles. The predicted octanol–water partition coefficient (Wildman–Crippen LogP) is 4.05. The summed E-state index contributed by atoms with van der Waals surface area (Å²) in [5, 5.41) is 10.8. The van der Waals surface area contributed by atoms with Gasteiger partial charge >= 0.3 is 5.97 Å². The third-order valence-electron chi connectivity index (χ3n) is 8.67. The number of ether oxygens (including phenoxy) is 2. The van der Waals surface area contributed by atoms with Gasteiger partial charge in [0.15, 0.2) is 5.65 Å². The molecule has 4 heterocycles. The van der Waals surface area contributed by atoms with Crippen molar-refractivity contribution in [1.82, 2.24) is 29.2 Å². The zero-order valence-electron chi connectivity index (χ0n) is 28.9. The summed E-state index contributed by atoms with van der Waals surface area (Å²) >= 11 is 0. The third-order valence-corrected chi connectivity index (χ3v) is 8.67. The number of carboxylic acid groups (broad SMARTS) is 1. The second kappa shape index (κ2) is 17.7. The van der Waals surface area contributed by atoms with Gasteiger partial charge in [-0.05, 0) is 30.7 Å². The van der Waals surface area contributed by atoms with E-state index in [2.05, 4.69) is 17.0 Å². The first-order valence-electron chi connectivity index (χ1n) is 17.2. The fraction of sp³-hybridized carbons (Fsp3) is 0.368. The van der Waals surface area contributed by atoms with E-state index >= 15 is 0 Å². The number of carboxylic acids is 1. The Kier molecular flexibility index (Phi) is 12.4. The number of rotatable bonds is 18. The number of carbonyl (C=O) groups is 2. The summed E-state index contributed by atoms with van der Waals surface area (Å²) in [7, 11) is 1.67. The molecule has 51 heavy (non-hydrogen) atoms. The van der Waals surface area contributed by atoms with E-state index in [9.17, 15) is 9.59 Å². The van der Waals surface area contributed by atoms with Crippen LogP contribution in [0, 0.1) is 0 Å². The molecule has 13 nitrogen and oxygen atoms in total. The second-order valence-corrected chi connectivity index (χ2v) is 12.4. The van der Waals surface area contributed by atoms with Crippen LogP contribution in [0.3, 0.4) is 0 Å². The van der Waals surface area contributed by atoms with Crippen LogP contribution in [0.25, 0.3) is 16.9 Å². The minimum absolute atomic E-state index is 0.318. The van der Waals surface area contributed by atoms with Crippen LogP contribution in [0.5, 0.6) is 5.88 Å². The molecule has 0 bridgehead atoms. The fourth-order valence-corrected chi connectivity index (χ4v) is 5.92. The Bertz CT molecular complexity index is 1840. The lowest BCUT2D eigenvalue weighted by molar-refractivity contribution is -0.145. The maximum absolute atomic E-state index is 12.7. The molecule has 1 fully saturated rings. The molecule has 1 saturated heterocycles. The van der Waals surface area contributed by atoms with Crippen LogP contribution in [0.4, 0.5) is 0 Å². The van der Waals surface area contributed by atoms with Gasteiger partial charge in [0, 0.05) is 51.4 Å². The van der Waals surface area contributed by atoms with E-state index in [4.69, 9.17) is 33.8 Å². The standard InChI is InChI=1S/C38H44N6O7/c1-41(35(45)27-49-28-36(46)47)17-18-43(16-9-15-42-19-22-48-23-20-42)51-38-33(25-31-14-8-21-50-31)40-37-32(24-29-10-4-2-5-11-29)39-34(26-44(37)38)30-12-6-3-7-13-30/h2-8,10-14,21,26H,9,15-20,22-25,27-28H2,1H3,(H,46,47). The number of fused-ring (bicyclic) bond motifs is 1. The van der Waals surface area contributed by atoms with E-state index in [1.165, 1.54) is 4.90 Å². The molecule has 268 valence electrons. The SMILES string of the molecule is CN(CCN(CCCN1CCOCC1)Oc1c(Cc2ccco2)nc2c(Cc3ccccc3)nc(-c3ccccc3)cn12)C(=O)COCC(=O)O. The van der Waals surface area contributed by atoms with Crippen LogP contribution in [0.1, 0.15) is 29.1 Å². The summed E-state index contributed by atoms with van der Waals surface area (Å²) in [6.45, 7) is 4.51. The molecular formula is C38H44N6O7. The Morgan fingerprint density at radius 3 is 2.37 bits per heavy atom. The third kappa shape index (κ3) is 10.0. The zero-order valence-corrected chi connectivity index (χ0v) is 28.9. The maximum Gasteiger partial charge on any atom is 0.329 e. The number of hydrogen-bond donors (Lipinski definition) is 1. The molecule has 0 aliphatic carbocycles. The molecule has 0 atom stereocenters. The molecule has 0 spiro atoms. The first kappa shape index (κ1) is 35.7. The van der Waals surface area contributed by atoms with Gasteiger partial charge < -0.3 is 28.7 Å². The van der Waals surface area contributed by atoms with Crippen molar-refractivity contribution in [3.05, 3.63) is 108 Å². The number of imidazole rings is 1. The molecule has 13 heteroatoms. The molecule has 3 aromatic heterocycles. The van der Waals surface area contributed by atoms with Gasteiger partial charge in [0.25, 0.3) is 0 Å². The van der Waals surface area contributed by atoms with E-state index in [1.807, 2.05) is 76.3 Å². The lowest BCUT2D eigenvalue weighted by atomic mass is 10.1. The number of likely N-dealkylation sites (N-methyl/N-ethyl adjacent to an activating group) is 1. The highest BCUT2D eigenvalue weighted by Crippen LogP contribution is 2.30. The molecular weight excluding hydrogens is 652 g/mol. The van der Waals surface area contributed by atoms with Crippen molar-refractivity contribution < 1.29 is 33.4 Å². The van der Waals surface area contributed by atoms with Gasteiger partial charge in [0.05, 0.1) is 43.8 Å². The van der Waals surface area contributed by atoms with Crippen LogP contribution in [0.2, 0.25) is 0 Å². The van der Waals surface area contributed by atoms with Gasteiger partial charge in [-0.3, -0.25) is 14.1 Å². The molecule has 1 aliphatic rings. The van der Waals surface area contributed by atoms with E-state index in [-0.39, 0.29) is 12.5 Å². The first-order valence-corrected chi connectivity index (χ1v) is 17.2. The average molecular weight is 697 g/mol. The van der Waals surface area contributed by atoms with Crippen LogP contribution >= 0.6 is 0 Å². The average Bonchev–Trinajstić information content (AvgIpc) is 3.79. The minimum atomic E-state index is -1.12. The van der Waals surface area contributed by atoms with Gasteiger partial charge in [-0.1, -0.05) is 60.7 Å². The summed E-state index contributed by atoms with van der Waals surface area (Å²) in [5.41, 5.74) is 5.05. The Labute approximate surface area is 296 Å². The van der Waals surface area contributed by atoms with E-state index in [1.54, 1.807) is 13.3 Å². The highest BCUT2D eigenvalue weighted by Gasteiger charge is 2.24. The molecule has 0 saturated carbocycles. The molecule has 1 aliphatic heterocycles. The largest absolute Gasteiger partial charge is 0.480 e. The van der Waals surface area contributed by atoms with Crippen molar-refractivity contribution in [3.63, 3.8) is 0 Å². The zero-order chi connectivity index (χ0) is 35.4.